The normalized spacial score (nSPS) is 21.4. The lowest BCUT2D eigenvalue weighted by Gasteiger charge is -2.36. The summed E-state index contributed by atoms with van der Waals surface area (Å²) in [6.07, 6.45) is 4.28. The van der Waals surface area contributed by atoms with E-state index < -0.39 is 11.9 Å². The van der Waals surface area contributed by atoms with Gasteiger partial charge in [-0.05, 0) is 29.8 Å². The molecule has 5 nitrogen and oxygen atoms in total. The molecule has 150 valence electrons. The van der Waals surface area contributed by atoms with E-state index in [9.17, 15) is 14.0 Å². The van der Waals surface area contributed by atoms with Crippen LogP contribution in [0.1, 0.15) is 5.56 Å². The Kier molecular flexibility index (Phi) is 5.83. The van der Waals surface area contributed by atoms with Gasteiger partial charge in [0.1, 0.15) is 5.82 Å². The molecular formula is C23H24FN3O2. The number of anilines is 1. The van der Waals surface area contributed by atoms with Gasteiger partial charge in [0.25, 0.3) is 5.91 Å². The van der Waals surface area contributed by atoms with Crippen LogP contribution in [0, 0.1) is 5.82 Å². The number of hydrogen-bond donors (Lipinski definition) is 0. The molecular weight excluding hydrogens is 369 g/mol. The van der Waals surface area contributed by atoms with Crippen LogP contribution < -0.4 is 4.90 Å². The van der Waals surface area contributed by atoms with Crippen molar-refractivity contribution in [1.82, 2.24) is 9.80 Å². The van der Waals surface area contributed by atoms with Crippen molar-refractivity contribution in [2.45, 2.75) is 6.04 Å². The number of carbonyl (C=O) groups is 2. The van der Waals surface area contributed by atoms with E-state index in [1.807, 2.05) is 18.2 Å². The molecule has 1 atom stereocenters. The molecule has 0 radical (unpaired) electrons. The van der Waals surface area contributed by atoms with Crippen LogP contribution in [0.5, 0.6) is 0 Å². The first-order chi connectivity index (χ1) is 14.1. The minimum atomic E-state index is -0.505. The predicted molar refractivity (Wildman–Crippen MR) is 111 cm³/mol. The summed E-state index contributed by atoms with van der Waals surface area (Å²) < 4.78 is 13.1. The largest absolute Gasteiger partial charge is 0.304 e. The number of halogens is 1. The predicted octanol–water partition coefficient (Wildman–Crippen LogP) is 2.44. The first-order valence-electron chi connectivity index (χ1n) is 9.91. The Balaban J connectivity index is 1.31. The van der Waals surface area contributed by atoms with E-state index in [1.54, 1.807) is 12.1 Å². The molecule has 2 fully saturated rings. The Bertz CT molecular complexity index is 890. The van der Waals surface area contributed by atoms with Crippen molar-refractivity contribution in [3.63, 3.8) is 0 Å². The van der Waals surface area contributed by atoms with Crippen LogP contribution in [-0.4, -0.2) is 66.8 Å². The van der Waals surface area contributed by atoms with Crippen molar-refractivity contribution in [2.24, 2.45) is 0 Å². The highest BCUT2D eigenvalue weighted by Crippen LogP contribution is 2.23. The Hall–Kier alpha value is -2.83. The summed E-state index contributed by atoms with van der Waals surface area (Å²) in [6, 6.07) is 15.5. The Morgan fingerprint density at radius 3 is 2.31 bits per heavy atom. The highest BCUT2D eigenvalue weighted by Gasteiger charge is 2.43. The summed E-state index contributed by atoms with van der Waals surface area (Å²) in [5.41, 5.74) is 1.75. The molecule has 2 heterocycles. The number of piperazine rings is 1. The Labute approximate surface area is 170 Å². The topological polar surface area (TPSA) is 43.9 Å². The molecule has 2 aromatic carbocycles. The third kappa shape index (κ3) is 4.44. The standard InChI is InChI=1S/C23H24FN3O2/c24-19-8-10-20(11-9-19)27-17-21(22(28)23(27)29)26-15-13-25(14-16-26)12-4-7-18-5-2-1-3-6-18/h1-11,21H,12-17H2/b7-4-/t21-/m1/s1. The van der Waals surface area contributed by atoms with Crippen LogP contribution in [0.3, 0.4) is 0 Å². The van der Waals surface area contributed by atoms with E-state index in [4.69, 9.17) is 0 Å². The summed E-state index contributed by atoms with van der Waals surface area (Å²) in [5.74, 6) is -1.23. The first-order valence-corrected chi connectivity index (χ1v) is 9.91. The second kappa shape index (κ2) is 8.68. The van der Waals surface area contributed by atoms with Gasteiger partial charge in [-0.1, -0.05) is 42.5 Å². The minimum Gasteiger partial charge on any atom is -0.304 e. The molecule has 29 heavy (non-hydrogen) atoms. The SMILES string of the molecule is O=C1C(=O)N(c2ccc(F)cc2)C[C@H]1N1CCN(C/C=C\c2ccccc2)CC1. The molecule has 2 aliphatic heterocycles. The summed E-state index contributed by atoms with van der Waals surface area (Å²) >= 11 is 0. The lowest BCUT2D eigenvalue weighted by Crippen LogP contribution is -2.52. The third-order valence-electron chi connectivity index (χ3n) is 5.57. The van der Waals surface area contributed by atoms with Crippen LogP contribution in [0.2, 0.25) is 0 Å². The monoisotopic (exact) mass is 393 g/mol. The van der Waals surface area contributed by atoms with Gasteiger partial charge in [0.15, 0.2) is 0 Å². The van der Waals surface area contributed by atoms with Crippen LogP contribution >= 0.6 is 0 Å². The third-order valence-corrected chi connectivity index (χ3v) is 5.57. The highest BCUT2D eigenvalue weighted by atomic mass is 19.1. The van der Waals surface area contributed by atoms with Gasteiger partial charge in [0, 0.05) is 45.0 Å². The van der Waals surface area contributed by atoms with Gasteiger partial charge in [0.05, 0.1) is 6.04 Å². The summed E-state index contributed by atoms with van der Waals surface area (Å²) in [5, 5.41) is 0. The average molecular weight is 393 g/mol. The Morgan fingerprint density at radius 2 is 1.62 bits per heavy atom. The van der Waals surface area contributed by atoms with E-state index >= 15 is 0 Å². The fourth-order valence-corrected chi connectivity index (χ4v) is 3.90. The minimum absolute atomic E-state index is 0.331. The van der Waals surface area contributed by atoms with E-state index in [0.717, 1.165) is 32.7 Å². The van der Waals surface area contributed by atoms with Gasteiger partial charge in [0.2, 0.25) is 5.78 Å². The number of Topliss-reactive ketones (excluding diaryl/α,β-unsaturated/α-hetero) is 1. The summed E-state index contributed by atoms with van der Waals surface area (Å²) in [7, 11) is 0. The van der Waals surface area contributed by atoms with Gasteiger partial charge >= 0.3 is 0 Å². The summed E-state index contributed by atoms with van der Waals surface area (Å²) in [4.78, 5) is 30.9. The van der Waals surface area contributed by atoms with Gasteiger partial charge < -0.3 is 4.90 Å². The quantitative estimate of drug-likeness (QED) is 0.732. The fourth-order valence-electron chi connectivity index (χ4n) is 3.90. The maximum atomic E-state index is 13.1. The van der Waals surface area contributed by atoms with Crippen LogP contribution in [-0.2, 0) is 9.59 Å². The summed E-state index contributed by atoms with van der Waals surface area (Å²) in [6.45, 7) is 4.40. The van der Waals surface area contributed by atoms with Crippen molar-refractivity contribution >= 4 is 23.5 Å². The molecule has 0 aliphatic carbocycles. The van der Waals surface area contributed by atoms with Crippen molar-refractivity contribution in [2.75, 3.05) is 44.2 Å². The Morgan fingerprint density at radius 1 is 0.931 bits per heavy atom. The molecule has 1 amide bonds. The first kappa shape index (κ1) is 19.5. The molecule has 0 saturated carbocycles. The molecule has 6 heteroatoms. The van der Waals surface area contributed by atoms with Crippen molar-refractivity contribution in [3.8, 4) is 0 Å². The number of rotatable bonds is 5. The lowest BCUT2D eigenvalue weighted by atomic mass is 10.1. The van der Waals surface area contributed by atoms with Gasteiger partial charge in [-0.15, -0.1) is 0 Å². The van der Waals surface area contributed by atoms with Crippen LogP contribution in [0.25, 0.3) is 6.08 Å². The van der Waals surface area contributed by atoms with E-state index in [2.05, 4.69) is 34.1 Å². The van der Waals surface area contributed by atoms with E-state index in [1.165, 1.54) is 22.6 Å². The number of benzene rings is 2. The molecule has 4 rings (SSSR count). The smallest absolute Gasteiger partial charge is 0.296 e. The van der Waals surface area contributed by atoms with Gasteiger partial charge in [-0.2, -0.15) is 0 Å². The zero-order valence-corrected chi connectivity index (χ0v) is 16.2. The van der Waals surface area contributed by atoms with Gasteiger partial charge in [-0.25, -0.2) is 4.39 Å². The zero-order valence-electron chi connectivity index (χ0n) is 16.2. The molecule has 2 saturated heterocycles. The lowest BCUT2D eigenvalue weighted by molar-refractivity contribution is -0.136. The van der Waals surface area contributed by atoms with Crippen molar-refractivity contribution in [1.29, 1.82) is 0 Å². The highest BCUT2D eigenvalue weighted by molar-refractivity contribution is 6.45. The fraction of sp³-hybridized carbons (Fsp3) is 0.304. The molecule has 0 N–H and O–H groups in total. The number of amides is 1. The molecule has 2 aliphatic rings. The average Bonchev–Trinajstić information content (AvgIpc) is 3.05. The molecule has 0 aromatic heterocycles. The second-order valence-corrected chi connectivity index (χ2v) is 7.42. The molecule has 0 unspecified atom stereocenters. The van der Waals surface area contributed by atoms with Crippen molar-refractivity contribution in [3.05, 3.63) is 72.1 Å². The van der Waals surface area contributed by atoms with Gasteiger partial charge in [-0.3, -0.25) is 19.4 Å². The maximum absolute atomic E-state index is 13.1. The molecule has 0 spiro atoms. The van der Waals surface area contributed by atoms with Crippen LogP contribution in [0.4, 0.5) is 10.1 Å². The number of carbonyl (C=O) groups excluding carboxylic acids is 2. The second-order valence-electron chi connectivity index (χ2n) is 7.42. The molecule has 2 aromatic rings. The maximum Gasteiger partial charge on any atom is 0.296 e. The zero-order chi connectivity index (χ0) is 20.2. The molecule has 0 bridgehead atoms. The van der Waals surface area contributed by atoms with Crippen LogP contribution in [0.15, 0.2) is 60.7 Å². The van der Waals surface area contributed by atoms with Crippen molar-refractivity contribution < 1.29 is 14.0 Å². The van der Waals surface area contributed by atoms with E-state index in [0.29, 0.717) is 12.2 Å². The van der Waals surface area contributed by atoms with E-state index in [-0.39, 0.29) is 11.6 Å². The number of nitrogens with zero attached hydrogens (tertiary/aromatic N) is 3. The number of hydrogen-bond acceptors (Lipinski definition) is 4. The number of ketones is 1.